The molecule has 0 bridgehead atoms. The second-order valence-electron chi connectivity index (χ2n) is 4.96. The molecule has 0 saturated heterocycles. The number of hydrogen-bond donors (Lipinski definition) is 1. The summed E-state index contributed by atoms with van der Waals surface area (Å²) < 4.78 is 4.85. The molecule has 0 aromatic heterocycles. The summed E-state index contributed by atoms with van der Waals surface area (Å²) in [7, 11) is 0. The van der Waals surface area contributed by atoms with Crippen LogP contribution in [-0.4, -0.2) is 59.1 Å². The second-order valence-corrected chi connectivity index (χ2v) is 5.14. The first-order valence-corrected chi connectivity index (χ1v) is 7.63. The van der Waals surface area contributed by atoms with Gasteiger partial charge in [0.05, 0.1) is 0 Å². The van der Waals surface area contributed by atoms with Crippen LogP contribution in [0.15, 0.2) is 24.3 Å². The molecule has 1 aromatic carbocycles. The van der Waals surface area contributed by atoms with E-state index >= 15 is 0 Å². The zero-order valence-corrected chi connectivity index (χ0v) is 12.4. The van der Waals surface area contributed by atoms with Gasteiger partial charge in [0, 0.05) is 12.9 Å². The first-order chi connectivity index (χ1) is 8.86. The van der Waals surface area contributed by atoms with Gasteiger partial charge in [0.2, 0.25) is 0 Å². The molecule has 0 heterocycles. The standard InChI is InChI=1S/C16H26OS.2Na.2H/c1-2-3-4-5-6-7-8-9-10-15-11-13-16(17-18)14-12-15;;;;/h11-14,18H,2-10H2,1H3;;;;. The second kappa shape index (κ2) is 16.7. The normalized spacial score (nSPS) is 9.50. The third-order valence-corrected chi connectivity index (χ3v) is 3.56. The van der Waals surface area contributed by atoms with E-state index in [0.29, 0.717) is 0 Å². The van der Waals surface area contributed by atoms with Crippen molar-refractivity contribution in [1.29, 1.82) is 0 Å². The van der Waals surface area contributed by atoms with Gasteiger partial charge < -0.3 is 4.18 Å². The molecule has 1 aromatic rings. The molecule has 1 nitrogen and oxygen atoms in total. The van der Waals surface area contributed by atoms with Crippen molar-refractivity contribution < 1.29 is 4.18 Å². The van der Waals surface area contributed by atoms with Crippen LogP contribution in [0.3, 0.4) is 0 Å². The Balaban J connectivity index is 0. The van der Waals surface area contributed by atoms with Crippen molar-refractivity contribution in [2.45, 2.75) is 64.7 Å². The van der Waals surface area contributed by atoms with Gasteiger partial charge in [0.1, 0.15) is 5.75 Å². The molecule has 0 aliphatic carbocycles. The first kappa shape index (κ1) is 23.6. The maximum absolute atomic E-state index is 4.85. The summed E-state index contributed by atoms with van der Waals surface area (Å²) in [6.45, 7) is 2.27. The third kappa shape index (κ3) is 12.0. The number of benzene rings is 1. The quantitative estimate of drug-likeness (QED) is 0.293. The summed E-state index contributed by atoms with van der Waals surface area (Å²) >= 11 is 3.78. The van der Waals surface area contributed by atoms with Gasteiger partial charge >= 0.3 is 59.1 Å². The van der Waals surface area contributed by atoms with E-state index in [2.05, 4.69) is 32.0 Å². The fraction of sp³-hybridized carbons (Fsp3) is 0.625. The molecule has 0 aliphatic heterocycles. The van der Waals surface area contributed by atoms with Crippen LogP contribution in [0.5, 0.6) is 5.75 Å². The summed E-state index contributed by atoms with van der Waals surface area (Å²) in [5, 5.41) is 0. The van der Waals surface area contributed by atoms with Gasteiger partial charge in [0.25, 0.3) is 0 Å². The van der Waals surface area contributed by atoms with E-state index in [9.17, 15) is 0 Å². The Morgan fingerprint density at radius 1 is 0.800 bits per heavy atom. The average Bonchev–Trinajstić information content (AvgIpc) is 2.42. The maximum atomic E-state index is 4.85. The van der Waals surface area contributed by atoms with Crippen LogP contribution >= 0.6 is 12.9 Å². The molecule has 20 heavy (non-hydrogen) atoms. The average molecular weight is 314 g/mol. The van der Waals surface area contributed by atoms with Crippen LogP contribution in [0.1, 0.15) is 63.9 Å². The summed E-state index contributed by atoms with van der Waals surface area (Å²) in [4.78, 5) is 0. The fourth-order valence-corrected chi connectivity index (χ4v) is 2.30. The van der Waals surface area contributed by atoms with E-state index in [1.165, 1.54) is 63.4 Å². The van der Waals surface area contributed by atoms with Gasteiger partial charge in [0.15, 0.2) is 0 Å². The molecule has 4 heteroatoms. The Morgan fingerprint density at radius 3 is 1.80 bits per heavy atom. The molecule has 0 N–H and O–H groups in total. The van der Waals surface area contributed by atoms with Crippen molar-refractivity contribution in [2.24, 2.45) is 0 Å². The molecule has 106 valence electrons. The van der Waals surface area contributed by atoms with Gasteiger partial charge in [-0.25, -0.2) is 0 Å². The van der Waals surface area contributed by atoms with Crippen molar-refractivity contribution in [3.8, 4) is 5.75 Å². The van der Waals surface area contributed by atoms with E-state index in [1.54, 1.807) is 0 Å². The Labute approximate surface area is 174 Å². The number of aryl methyl sites for hydroxylation is 1. The van der Waals surface area contributed by atoms with E-state index in [4.69, 9.17) is 4.18 Å². The number of thiol groups is 1. The van der Waals surface area contributed by atoms with Crippen molar-refractivity contribution >= 4 is 72.0 Å². The molecule has 0 amide bonds. The van der Waals surface area contributed by atoms with Crippen LogP contribution in [-0.2, 0) is 6.42 Å². The first-order valence-electron chi connectivity index (χ1n) is 7.27. The van der Waals surface area contributed by atoms with E-state index in [1.807, 2.05) is 12.1 Å². The SMILES string of the molecule is CCCCCCCCCCc1ccc(OS)cc1.[NaH].[NaH]. The molecule has 0 radical (unpaired) electrons. The van der Waals surface area contributed by atoms with Gasteiger partial charge in [-0.3, -0.25) is 0 Å². The van der Waals surface area contributed by atoms with E-state index in [0.717, 1.165) is 5.75 Å². The fourth-order valence-electron chi connectivity index (χ4n) is 2.18. The molecule has 1 rings (SSSR count). The summed E-state index contributed by atoms with van der Waals surface area (Å²) in [6.07, 6.45) is 12.2. The predicted molar refractivity (Wildman–Crippen MR) is 96.7 cm³/mol. The van der Waals surface area contributed by atoms with Crippen LogP contribution in [0.2, 0.25) is 0 Å². The Kier molecular flexibility index (Phi) is 19.8. The Hall–Kier alpha value is 1.37. The summed E-state index contributed by atoms with van der Waals surface area (Å²) in [5.74, 6) is 0.818. The summed E-state index contributed by atoms with van der Waals surface area (Å²) in [5.41, 5.74) is 1.40. The van der Waals surface area contributed by atoms with Crippen LogP contribution in [0, 0.1) is 0 Å². The zero-order chi connectivity index (χ0) is 13.1. The molecule has 0 aliphatic rings. The van der Waals surface area contributed by atoms with Gasteiger partial charge in [-0.15, -0.1) is 0 Å². The van der Waals surface area contributed by atoms with Crippen molar-refractivity contribution in [1.82, 2.24) is 0 Å². The summed E-state index contributed by atoms with van der Waals surface area (Å²) in [6, 6.07) is 8.22. The number of hydrogen-bond acceptors (Lipinski definition) is 2. The van der Waals surface area contributed by atoms with Gasteiger partial charge in [-0.2, -0.15) is 0 Å². The third-order valence-electron chi connectivity index (χ3n) is 3.35. The number of rotatable bonds is 10. The molecular formula is C16H28Na2OS. The van der Waals surface area contributed by atoms with Crippen LogP contribution < -0.4 is 4.18 Å². The number of unbranched alkanes of at least 4 members (excludes halogenated alkanes) is 7. The molecule has 0 saturated carbocycles. The topological polar surface area (TPSA) is 9.23 Å². The van der Waals surface area contributed by atoms with Gasteiger partial charge in [-0.05, 0) is 30.5 Å². The minimum absolute atomic E-state index is 0. The molecule has 0 spiro atoms. The molecular weight excluding hydrogens is 286 g/mol. The van der Waals surface area contributed by atoms with E-state index < -0.39 is 0 Å². The van der Waals surface area contributed by atoms with Crippen LogP contribution in [0.25, 0.3) is 0 Å². The van der Waals surface area contributed by atoms with E-state index in [-0.39, 0.29) is 59.1 Å². The van der Waals surface area contributed by atoms with Crippen LogP contribution in [0.4, 0.5) is 0 Å². The van der Waals surface area contributed by atoms with Crippen molar-refractivity contribution in [3.63, 3.8) is 0 Å². The van der Waals surface area contributed by atoms with Crippen molar-refractivity contribution in [2.75, 3.05) is 0 Å². The Bertz CT molecular complexity index is 304. The Morgan fingerprint density at radius 2 is 1.30 bits per heavy atom. The predicted octanol–water partition coefficient (Wildman–Crippen LogP) is 4.30. The monoisotopic (exact) mass is 314 g/mol. The van der Waals surface area contributed by atoms with Gasteiger partial charge in [-0.1, -0.05) is 64.0 Å². The molecule has 0 unspecified atom stereocenters. The zero-order valence-electron chi connectivity index (χ0n) is 11.5. The molecule has 0 atom stereocenters. The minimum atomic E-state index is 0. The molecule has 0 fully saturated rings. The van der Waals surface area contributed by atoms with Crippen molar-refractivity contribution in [3.05, 3.63) is 29.8 Å².